The second kappa shape index (κ2) is 7.01. The fourth-order valence-electron chi connectivity index (χ4n) is 5.33. The molecule has 0 bridgehead atoms. The van der Waals surface area contributed by atoms with Gasteiger partial charge >= 0.3 is 0 Å². The minimum Gasteiger partial charge on any atom is -0.352 e. The molecule has 3 heterocycles. The van der Waals surface area contributed by atoms with Crippen LogP contribution < -0.4 is 4.90 Å². The van der Waals surface area contributed by atoms with Crippen LogP contribution in [0.15, 0.2) is 48.5 Å². The van der Waals surface area contributed by atoms with Crippen molar-refractivity contribution in [2.45, 2.75) is 38.4 Å². The molecule has 3 aliphatic rings. The average Bonchev–Trinajstić information content (AvgIpc) is 3.20. The first-order chi connectivity index (χ1) is 15.1. The Bertz CT molecular complexity index is 1200. The number of hydrogen-bond acceptors (Lipinski definition) is 4. The van der Waals surface area contributed by atoms with E-state index >= 15 is 0 Å². The Labute approximate surface area is 190 Å². The lowest BCUT2D eigenvalue weighted by molar-refractivity contribution is -0.145. The van der Waals surface area contributed by atoms with E-state index in [0.717, 1.165) is 0 Å². The Morgan fingerprint density at radius 2 is 1.72 bits per heavy atom. The summed E-state index contributed by atoms with van der Waals surface area (Å²) in [7, 11) is 0. The highest BCUT2D eigenvalue weighted by Crippen LogP contribution is 2.50. The van der Waals surface area contributed by atoms with Gasteiger partial charge in [-0.3, -0.25) is 19.3 Å². The normalized spacial score (nSPS) is 26.3. The van der Waals surface area contributed by atoms with Gasteiger partial charge in [-0.05, 0) is 51.1 Å². The molecule has 0 aliphatic carbocycles. The topological polar surface area (TPSA) is 57.7 Å². The summed E-state index contributed by atoms with van der Waals surface area (Å²) < 4.78 is 13.9. The highest BCUT2D eigenvalue weighted by molar-refractivity contribution is 6.34. The van der Waals surface area contributed by atoms with Crippen LogP contribution in [0.3, 0.4) is 0 Å². The molecular formula is C25H22ClFN2O3. The monoisotopic (exact) mass is 452 g/mol. The second-order valence-corrected chi connectivity index (χ2v) is 9.89. The van der Waals surface area contributed by atoms with Gasteiger partial charge in [-0.25, -0.2) is 4.39 Å². The summed E-state index contributed by atoms with van der Waals surface area (Å²) in [6.45, 7) is 5.42. The number of benzene rings is 2. The van der Waals surface area contributed by atoms with Crippen LogP contribution in [-0.2, 0) is 9.59 Å². The number of hydrogen-bond donors (Lipinski definition) is 0. The Morgan fingerprint density at radius 1 is 1.03 bits per heavy atom. The van der Waals surface area contributed by atoms with Crippen LogP contribution in [0.4, 0.5) is 10.1 Å². The summed E-state index contributed by atoms with van der Waals surface area (Å²) >= 11 is 6.34. The lowest BCUT2D eigenvalue weighted by Gasteiger charge is -2.38. The fraction of sp³-hybridized carbons (Fsp3) is 0.320. The van der Waals surface area contributed by atoms with Crippen molar-refractivity contribution in [1.29, 1.82) is 0 Å². The van der Waals surface area contributed by atoms with Gasteiger partial charge in [0.25, 0.3) is 0 Å². The zero-order valence-electron chi connectivity index (χ0n) is 17.9. The summed E-state index contributed by atoms with van der Waals surface area (Å²) in [4.78, 5) is 44.0. The number of nitrogens with zero attached hydrogens (tertiary/aromatic N) is 2. The van der Waals surface area contributed by atoms with E-state index in [-0.39, 0.29) is 22.6 Å². The van der Waals surface area contributed by atoms with Crippen LogP contribution in [0.5, 0.6) is 0 Å². The van der Waals surface area contributed by atoms with Crippen molar-refractivity contribution < 1.29 is 18.8 Å². The van der Waals surface area contributed by atoms with Crippen LogP contribution in [0.1, 0.15) is 36.7 Å². The molecule has 0 spiro atoms. The molecule has 3 aliphatic heterocycles. The van der Waals surface area contributed by atoms with Gasteiger partial charge in [0.15, 0.2) is 5.78 Å². The van der Waals surface area contributed by atoms with Gasteiger partial charge in [-0.15, -0.1) is 0 Å². The number of fused-ring (bicyclic) bond motifs is 5. The van der Waals surface area contributed by atoms with Crippen molar-refractivity contribution >= 4 is 41.0 Å². The molecule has 164 valence electrons. The molecule has 2 amide bonds. The van der Waals surface area contributed by atoms with E-state index in [1.165, 1.54) is 17.0 Å². The van der Waals surface area contributed by atoms with E-state index in [9.17, 15) is 18.8 Å². The highest BCUT2D eigenvalue weighted by Gasteiger charge is 2.65. The maximum Gasteiger partial charge on any atom is 0.236 e. The number of ketones is 1. The maximum absolute atomic E-state index is 13.9. The molecule has 2 saturated heterocycles. The van der Waals surface area contributed by atoms with Crippen molar-refractivity contribution in [2.75, 3.05) is 4.90 Å². The molecule has 4 atom stereocenters. The van der Waals surface area contributed by atoms with E-state index in [1.54, 1.807) is 63.3 Å². The number of rotatable bonds is 2. The first-order valence-electron chi connectivity index (χ1n) is 10.5. The van der Waals surface area contributed by atoms with Gasteiger partial charge in [0, 0.05) is 22.4 Å². The van der Waals surface area contributed by atoms with Crippen LogP contribution in [0, 0.1) is 17.7 Å². The van der Waals surface area contributed by atoms with E-state index < -0.39 is 35.3 Å². The maximum atomic E-state index is 13.9. The minimum absolute atomic E-state index is 0.285. The molecule has 0 N–H and O–H groups in total. The Morgan fingerprint density at radius 3 is 2.41 bits per heavy atom. The van der Waals surface area contributed by atoms with Crippen molar-refractivity contribution in [1.82, 2.24) is 4.90 Å². The zero-order valence-corrected chi connectivity index (χ0v) is 18.6. The number of imide groups is 1. The molecule has 32 heavy (non-hydrogen) atoms. The van der Waals surface area contributed by atoms with Gasteiger partial charge in [-0.1, -0.05) is 35.9 Å². The van der Waals surface area contributed by atoms with E-state index in [2.05, 4.69) is 0 Å². The number of likely N-dealkylation sites (tertiary alicyclic amines) is 1. The lowest BCUT2D eigenvalue weighted by atomic mass is 9.86. The Balaban J connectivity index is 1.70. The van der Waals surface area contributed by atoms with Crippen LogP contribution >= 0.6 is 11.6 Å². The average molecular weight is 453 g/mol. The molecular weight excluding hydrogens is 431 g/mol. The van der Waals surface area contributed by atoms with Crippen molar-refractivity contribution in [2.24, 2.45) is 11.8 Å². The summed E-state index contributed by atoms with van der Waals surface area (Å²) in [5.74, 6) is -2.91. The van der Waals surface area contributed by atoms with Gasteiger partial charge in [-0.2, -0.15) is 0 Å². The summed E-state index contributed by atoms with van der Waals surface area (Å²) in [6.07, 6.45) is 3.56. The van der Waals surface area contributed by atoms with Crippen LogP contribution in [0.25, 0.3) is 6.08 Å². The van der Waals surface area contributed by atoms with Crippen molar-refractivity contribution in [3.63, 3.8) is 0 Å². The zero-order chi connectivity index (χ0) is 22.9. The van der Waals surface area contributed by atoms with Gasteiger partial charge in [0.1, 0.15) is 11.9 Å². The third kappa shape index (κ3) is 2.85. The minimum atomic E-state index is -0.928. The number of amides is 2. The Kier molecular flexibility index (Phi) is 4.57. The molecule has 5 nitrogen and oxygen atoms in total. The van der Waals surface area contributed by atoms with E-state index in [4.69, 9.17) is 11.6 Å². The van der Waals surface area contributed by atoms with E-state index in [0.29, 0.717) is 16.8 Å². The van der Waals surface area contributed by atoms with Gasteiger partial charge in [0.05, 0.1) is 22.9 Å². The molecule has 7 heteroatoms. The smallest absolute Gasteiger partial charge is 0.236 e. The summed E-state index contributed by atoms with van der Waals surface area (Å²) in [5, 5.41) is 0.286. The third-order valence-corrected chi connectivity index (χ3v) is 6.88. The highest BCUT2D eigenvalue weighted by atomic mass is 35.5. The molecule has 0 saturated carbocycles. The van der Waals surface area contributed by atoms with Crippen molar-refractivity contribution in [3.05, 3.63) is 70.5 Å². The number of anilines is 1. The molecule has 0 aromatic heterocycles. The quantitative estimate of drug-likeness (QED) is 0.502. The predicted molar refractivity (Wildman–Crippen MR) is 120 cm³/mol. The standard InChI is InChI=1S/C25H22ClFN2O3/c1-25(2,3)29-23(31)19-18-10-8-13-12-14(27)9-11-17(13)28(18)21(20(19)24(29)32)22(30)15-6-4-5-7-16(15)26/h4-12,18-21H,1-3H3/t18-,19+,20+,21-/m1/s1. The molecule has 0 radical (unpaired) electrons. The number of halogens is 2. The van der Waals surface area contributed by atoms with E-state index in [1.807, 2.05) is 4.90 Å². The largest absolute Gasteiger partial charge is 0.352 e. The predicted octanol–water partition coefficient (Wildman–Crippen LogP) is 4.35. The van der Waals surface area contributed by atoms with Crippen LogP contribution in [0.2, 0.25) is 5.02 Å². The van der Waals surface area contributed by atoms with Gasteiger partial charge in [0.2, 0.25) is 11.8 Å². The molecule has 2 aromatic rings. The number of carbonyl (C=O) groups is 3. The summed E-state index contributed by atoms with van der Waals surface area (Å²) in [5.41, 5.74) is 0.819. The third-order valence-electron chi connectivity index (χ3n) is 6.55. The molecule has 2 fully saturated rings. The van der Waals surface area contributed by atoms with Crippen LogP contribution in [-0.4, -0.2) is 40.1 Å². The molecule has 0 unspecified atom stereocenters. The van der Waals surface area contributed by atoms with Gasteiger partial charge < -0.3 is 4.90 Å². The Hall–Kier alpha value is -2.99. The first-order valence-corrected chi connectivity index (χ1v) is 10.9. The molecule has 5 rings (SSSR count). The fourth-order valence-corrected chi connectivity index (χ4v) is 5.55. The number of Topliss-reactive ketones (excluding diaryl/α,β-unsaturated/α-hetero) is 1. The lowest BCUT2D eigenvalue weighted by Crippen LogP contribution is -2.52. The first kappa shape index (κ1) is 20.9. The summed E-state index contributed by atoms with van der Waals surface area (Å²) in [6, 6.07) is 9.59. The number of carbonyl (C=O) groups excluding carboxylic acids is 3. The molecule has 2 aromatic carbocycles. The second-order valence-electron chi connectivity index (χ2n) is 9.48. The SMILES string of the molecule is CC(C)(C)N1C(=O)[C@@H]2[C@H](C1=O)[C@H](C(=O)c1ccccc1Cl)N1c3ccc(F)cc3C=C[C@H]21. The van der Waals surface area contributed by atoms with Crippen molar-refractivity contribution in [3.8, 4) is 0 Å².